The molecule has 1 aromatic heterocycles. The molecular weight excluding hydrogens is 356 g/mol. The topological polar surface area (TPSA) is 34.0 Å². The fourth-order valence-corrected chi connectivity index (χ4v) is 3.32. The van der Waals surface area contributed by atoms with E-state index < -0.39 is 0 Å². The zero-order valence-corrected chi connectivity index (χ0v) is 17.0. The van der Waals surface area contributed by atoms with E-state index in [0.29, 0.717) is 10.6 Å². The number of hydrogen-bond acceptors (Lipinski definition) is 1. The average Bonchev–Trinajstić information content (AvgIpc) is 3.00. The predicted octanol–water partition coefficient (Wildman–Crippen LogP) is 5.94. The lowest BCUT2D eigenvalue weighted by Crippen LogP contribution is -2.32. The number of nitrogens with one attached hydrogen (secondary N) is 1. The first-order valence-electron chi connectivity index (χ1n) is 9.27. The number of amides is 1. The van der Waals surface area contributed by atoms with Gasteiger partial charge in [-0.3, -0.25) is 4.79 Å². The van der Waals surface area contributed by atoms with Crippen molar-refractivity contribution in [2.45, 2.75) is 40.2 Å². The van der Waals surface area contributed by atoms with Crippen molar-refractivity contribution in [1.82, 2.24) is 9.88 Å². The second-order valence-electron chi connectivity index (χ2n) is 6.94. The Morgan fingerprint density at radius 1 is 1.11 bits per heavy atom. The number of carbonyl (C=O) groups excluding carboxylic acids is 1. The fourth-order valence-electron chi connectivity index (χ4n) is 3.20. The molecule has 1 N–H and O–H groups in total. The van der Waals surface area contributed by atoms with E-state index in [1.165, 1.54) is 0 Å². The largest absolute Gasteiger partial charge is 0.350 e. The highest BCUT2D eigenvalue weighted by Crippen LogP contribution is 2.31. The Hall–Kier alpha value is -2.52. The summed E-state index contributed by atoms with van der Waals surface area (Å²) in [7, 11) is 0. The Morgan fingerprint density at radius 3 is 2.41 bits per heavy atom. The molecule has 4 heteroatoms. The lowest BCUT2D eigenvalue weighted by Gasteiger charge is -2.15. The second-order valence-corrected chi connectivity index (χ2v) is 7.38. The summed E-state index contributed by atoms with van der Waals surface area (Å²) < 4.78 is 2.16. The van der Waals surface area contributed by atoms with Crippen molar-refractivity contribution in [3.05, 3.63) is 76.4 Å². The van der Waals surface area contributed by atoms with Gasteiger partial charge in [-0.1, -0.05) is 48.9 Å². The first-order valence-corrected chi connectivity index (χ1v) is 9.65. The third-order valence-corrected chi connectivity index (χ3v) is 5.23. The van der Waals surface area contributed by atoms with Crippen molar-refractivity contribution < 1.29 is 4.79 Å². The van der Waals surface area contributed by atoms with Crippen LogP contribution < -0.4 is 5.32 Å². The lowest BCUT2D eigenvalue weighted by atomic mass is 10.1. The third kappa shape index (κ3) is 3.93. The van der Waals surface area contributed by atoms with Crippen LogP contribution in [0.1, 0.15) is 41.9 Å². The Morgan fingerprint density at radius 2 is 1.78 bits per heavy atom. The summed E-state index contributed by atoms with van der Waals surface area (Å²) in [4.78, 5) is 12.9. The molecule has 27 heavy (non-hydrogen) atoms. The van der Waals surface area contributed by atoms with Gasteiger partial charge in [-0.2, -0.15) is 0 Å². The number of carbonyl (C=O) groups is 1. The third-order valence-electron chi connectivity index (χ3n) is 4.98. The van der Waals surface area contributed by atoms with Gasteiger partial charge in [0.05, 0.1) is 11.3 Å². The van der Waals surface area contributed by atoms with Gasteiger partial charge in [0.2, 0.25) is 0 Å². The number of aryl methyl sites for hydroxylation is 1. The van der Waals surface area contributed by atoms with E-state index in [-0.39, 0.29) is 11.9 Å². The highest BCUT2D eigenvalue weighted by Gasteiger charge is 2.21. The summed E-state index contributed by atoms with van der Waals surface area (Å²) in [6, 6.07) is 18.0. The van der Waals surface area contributed by atoms with Gasteiger partial charge in [0, 0.05) is 22.4 Å². The molecule has 0 fully saturated rings. The molecule has 0 saturated carbocycles. The summed E-state index contributed by atoms with van der Waals surface area (Å²) in [5, 5.41) is 3.77. The van der Waals surface area contributed by atoms with Gasteiger partial charge in [0.15, 0.2) is 0 Å². The number of halogens is 1. The van der Waals surface area contributed by atoms with Crippen molar-refractivity contribution in [2.24, 2.45) is 0 Å². The van der Waals surface area contributed by atoms with Crippen molar-refractivity contribution in [3.63, 3.8) is 0 Å². The summed E-state index contributed by atoms with van der Waals surface area (Å²) >= 11 is 6.07. The van der Waals surface area contributed by atoms with Crippen LogP contribution >= 0.6 is 11.6 Å². The molecule has 3 aromatic rings. The van der Waals surface area contributed by atoms with Crippen LogP contribution in [0.3, 0.4) is 0 Å². The van der Waals surface area contributed by atoms with Crippen LogP contribution in [0.4, 0.5) is 0 Å². The molecule has 140 valence electrons. The molecule has 0 aliphatic rings. The first-order chi connectivity index (χ1) is 12.9. The number of nitrogens with zero attached hydrogens (tertiary/aromatic N) is 1. The van der Waals surface area contributed by atoms with Gasteiger partial charge in [-0.25, -0.2) is 0 Å². The van der Waals surface area contributed by atoms with Gasteiger partial charge in [-0.05, 0) is 62.6 Å². The van der Waals surface area contributed by atoms with Gasteiger partial charge in [-0.15, -0.1) is 0 Å². The van der Waals surface area contributed by atoms with E-state index >= 15 is 0 Å². The van der Waals surface area contributed by atoms with E-state index in [1.54, 1.807) is 0 Å². The van der Waals surface area contributed by atoms with Gasteiger partial charge >= 0.3 is 0 Å². The molecule has 3 rings (SSSR count). The molecule has 1 atom stereocenters. The minimum absolute atomic E-state index is 0.0376. The molecular formula is C23H25ClN2O. The Bertz CT molecular complexity index is 957. The monoisotopic (exact) mass is 380 g/mol. The second kappa shape index (κ2) is 8.01. The van der Waals surface area contributed by atoms with E-state index in [4.69, 9.17) is 11.6 Å². The maximum Gasteiger partial charge on any atom is 0.253 e. The number of aromatic nitrogens is 1. The highest BCUT2D eigenvalue weighted by molar-refractivity contribution is 6.30. The highest BCUT2D eigenvalue weighted by atomic mass is 35.5. The average molecular weight is 381 g/mol. The van der Waals surface area contributed by atoms with E-state index in [9.17, 15) is 4.79 Å². The maximum absolute atomic E-state index is 12.9. The number of hydrogen-bond donors (Lipinski definition) is 1. The minimum Gasteiger partial charge on any atom is -0.350 e. The molecule has 1 heterocycles. The Kier molecular flexibility index (Phi) is 5.71. The van der Waals surface area contributed by atoms with Gasteiger partial charge in [0.25, 0.3) is 5.91 Å². The van der Waals surface area contributed by atoms with E-state index in [0.717, 1.165) is 34.6 Å². The molecule has 0 spiro atoms. The molecule has 1 amide bonds. The fraction of sp³-hybridized carbons (Fsp3) is 0.261. The zero-order valence-electron chi connectivity index (χ0n) is 16.2. The van der Waals surface area contributed by atoms with Gasteiger partial charge < -0.3 is 9.88 Å². The molecule has 3 nitrogen and oxygen atoms in total. The van der Waals surface area contributed by atoms with Crippen molar-refractivity contribution in [1.29, 1.82) is 0 Å². The lowest BCUT2D eigenvalue weighted by molar-refractivity contribution is 0.0938. The summed E-state index contributed by atoms with van der Waals surface area (Å²) in [6.45, 7) is 8.16. The van der Waals surface area contributed by atoms with Crippen LogP contribution in [0.15, 0.2) is 54.6 Å². The van der Waals surface area contributed by atoms with Crippen LogP contribution in [0.5, 0.6) is 0 Å². The molecule has 0 saturated heterocycles. The number of benzene rings is 2. The first kappa shape index (κ1) is 19.2. The Balaban J connectivity index is 2.19. The zero-order chi connectivity index (χ0) is 19.6. The number of rotatable bonds is 5. The summed E-state index contributed by atoms with van der Waals surface area (Å²) in [6.07, 6.45) is 0.896. The van der Waals surface area contributed by atoms with Crippen molar-refractivity contribution >= 4 is 17.5 Å². The molecule has 2 aromatic carbocycles. The van der Waals surface area contributed by atoms with Crippen LogP contribution in [-0.4, -0.2) is 16.5 Å². The van der Waals surface area contributed by atoms with E-state index in [2.05, 4.69) is 35.9 Å². The molecule has 0 unspecified atom stereocenters. The maximum atomic E-state index is 12.9. The Labute approximate surface area is 166 Å². The van der Waals surface area contributed by atoms with Crippen LogP contribution in [0.25, 0.3) is 16.9 Å². The standard InChI is InChI=1S/C23H25ClN2O/c1-5-16(3)25-23(27)20-14-22(18-10-12-19(24)13-11-18)26(17(20)4)21-9-7-6-8-15(21)2/h6-14,16H,5H2,1-4H3,(H,25,27)/t16-/m1/s1. The van der Waals surface area contributed by atoms with Crippen LogP contribution in [0, 0.1) is 13.8 Å². The predicted molar refractivity (Wildman–Crippen MR) is 113 cm³/mol. The molecule has 0 aliphatic carbocycles. The normalized spacial score (nSPS) is 12.0. The molecule has 0 radical (unpaired) electrons. The summed E-state index contributed by atoms with van der Waals surface area (Å²) in [5.41, 5.74) is 5.85. The van der Waals surface area contributed by atoms with E-state index in [1.807, 2.05) is 56.3 Å². The molecule has 0 bridgehead atoms. The quantitative estimate of drug-likeness (QED) is 0.583. The minimum atomic E-state index is -0.0376. The smallest absolute Gasteiger partial charge is 0.253 e. The SMILES string of the molecule is CC[C@@H](C)NC(=O)c1cc(-c2ccc(Cl)cc2)n(-c2ccccc2C)c1C. The van der Waals surface area contributed by atoms with Gasteiger partial charge in [0.1, 0.15) is 0 Å². The molecule has 0 aliphatic heterocycles. The van der Waals surface area contributed by atoms with Crippen LogP contribution in [-0.2, 0) is 0 Å². The number of para-hydroxylation sites is 1. The van der Waals surface area contributed by atoms with Crippen molar-refractivity contribution in [3.8, 4) is 16.9 Å². The van der Waals surface area contributed by atoms with Crippen molar-refractivity contribution in [2.75, 3.05) is 0 Å². The summed E-state index contributed by atoms with van der Waals surface area (Å²) in [5.74, 6) is -0.0376. The van der Waals surface area contributed by atoms with Crippen LogP contribution in [0.2, 0.25) is 5.02 Å².